The molecule has 111 valence electrons. The van der Waals surface area contributed by atoms with Gasteiger partial charge in [0.25, 0.3) is 0 Å². The first kappa shape index (κ1) is 17.1. The predicted molar refractivity (Wildman–Crippen MR) is 84.0 cm³/mol. The van der Waals surface area contributed by atoms with E-state index in [0.717, 1.165) is 12.1 Å². The fourth-order valence-electron chi connectivity index (χ4n) is 2.30. The summed E-state index contributed by atoms with van der Waals surface area (Å²) >= 11 is 0. The van der Waals surface area contributed by atoms with Gasteiger partial charge in [-0.2, -0.15) is 0 Å². The van der Waals surface area contributed by atoms with Crippen molar-refractivity contribution in [3.05, 3.63) is 58.4 Å². The molecule has 1 heterocycles. The Morgan fingerprint density at radius 2 is 1.70 bits per heavy atom. The summed E-state index contributed by atoms with van der Waals surface area (Å²) in [5.41, 5.74) is -0.661. The third kappa shape index (κ3) is 2.96. The van der Waals surface area contributed by atoms with Crippen molar-refractivity contribution in [2.24, 2.45) is 0 Å². The van der Waals surface area contributed by atoms with E-state index in [9.17, 15) is 24.9 Å². The monoisotopic (exact) mass is 321 g/mol. The van der Waals surface area contributed by atoms with E-state index in [4.69, 9.17) is 4.42 Å². The second-order valence-corrected chi connectivity index (χ2v) is 4.64. The minimum Gasteiger partial charge on any atom is -0.508 e. The van der Waals surface area contributed by atoms with Crippen molar-refractivity contribution in [1.82, 2.24) is 0 Å². The Balaban J connectivity index is 0.00000192. The molecule has 2 aromatic carbocycles. The maximum Gasteiger partial charge on any atom is 0.372 e. The van der Waals surface area contributed by atoms with Gasteiger partial charge in [0.05, 0.1) is 5.56 Å². The molecule has 1 aromatic heterocycles. The summed E-state index contributed by atoms with van der Waals surface area (Å²) in [5, 5.41) is 28.4. The van der Waals surface area contributed by atoms with Gasteiger partial charge >= 0.3 is 5.97 Å². The Morgan fingerprint density at radius 3 is 2.30 bits per heavy atom. The number of aromatic hydroxyl groups is 2. The smallest absolute Gasteiger partial charge is 0.372 e. The molecule has 0 fully saturated rings. The van der Waals surface area contributed by atoms with E-state index in [2.05, 4.69) is 0 Å². The molecule has 0 saturated heterocycles. The summed E-state index contributed by atoms with van der Waals surface area (Å²) in [5.74, 6) is -2.77. The Labute approximate surface area is 151 Å². The van der Waals surface area contributed by atoms with Crippen LogP contribution < -0.4 is 5.43 Å². The first-order valence-corrected chi connectivity index (χ1v) is 6.30. The van der Waals surface area contributed by atoms with E-state index in [1.165, 1.54) is 0 Å². The normalized spacial score (nSPS) is 10.3. The summed E-state index contributed by atoms with van der Waals surface area (Å²) in [7, 11) is 0. The molecule has 3 rings (SSSR count). The number of carbonyl (C=O) groups is 1. The van der Waals surface area contributed by atoms with Crippen molar-refractivity contribution in [2.45, 2.75) is 0 Å². The minimum atomic E-state index is -1.42. The maximum absolute atomic E-state index is 12.6. The van der Waals surface area contributed by atoms with Crippen LogP contribution >= 0.6 is 0 Å². The van der Waals surface area contributed by atoms with Gasteiger partial charge in [0.2, 0.25) is 11.2 Å². The molecule has 1 radical (unpaired) electrons. The fraction of sp³-hybridized carbons (Fsp3) is 0. The third-order valence-corrected chi connectivity index (χ3v) is 3.22. The predicted octanol–water partition coefficient (Wildman–Crippen LogP) is 2.19. The quantitative estimate of drug-likeness (QED) is 0.624. The van der Waals surface area contributed by atoms with Crippen molar-refractivity contribution in [3.8, 4) is 22.6 Å². The third-order valence-electron chi connectivity index (χ3n) is 3.22. The zero-order valence-corrected chi connectivity index (χ0v) is 14.1. The molecule has 0 aliphatic rings. The summed E-state index contributed by atoms with van der Waals surface area (Å²) < 4.78 is 5.23. The molecule has 0 amide bonds. The number of hydrogen-bond donors (Lipinski definition) is 3. The Morgan fingerprint density at radius 1 is 1.04 bits per heavy atom. The number of phenolic OH excluding ortho intramolecular Hbond substituents is 2. The molecule has 0 aliphatic carbocycles. The first-order chi connectivity index (χ1) is 10.5. The zero-order chi connectivity index (χ0) is 15.9. The number of hydrogen-bond acceptors (Lipinski definition) is 5. The number of carboxylic acid groups (broad SMARTS) is 1. The van der Waals surface area contributed by atoms with Crippen LogP contribution in [0, 0.1) is 0 Å². The van der Waals surface area contributed by atoms with Gasteiger partial charge in [-0.1, -0.05) is 30.3 Å². The molecule has 0 atom stereocenters. The van der Waals surface area contributed by atoms with Gasteiger partial charge < -0.3 is 19.7 Å². The fourth-order valence-corrected chi connectivity index (χ4v) is 2.30. The van der Waals surface area contributed by atoms with Crippen molar-refractivity contribution in [1.29, 1.82) is 0 Å². The van der Waals surface area contributed by atoms with E-state index < -0.39 is 22.9 Å². The molecule has 0 bridgehead atoms. The Hall–Kier alpha value is -2.28. The number of carboxylic acids is 1. The number of fused-ring (bicyclic) bond motifs is 1. The van der Waals surface area contributed by atoms with Crippen LogP contribution in [0.1, 0.15) is 10.6 Å². The van der Waals surface area contributed by atoms with E-state index in [0.29, 0.717) is 5.56 Å². The molecule has 3 N–H and O–H groups in total. The molecule has 3 aromatic rings. The van der Waals surface area contributed by atoms with Gasteiger partial charge in [-0.15, -0.1) is 0 Å². The van der Waals surface area contributed by atoms with Crippen LogP contribution in [0.15, 0.2) is 51.7 Å². The molecule has 23 heavy (non-hydrogen) atoms. The number of rotatable bonds is 2. The Bertz CT molecular complexity index is 946. The first-order valence-electron chi connectivity index (χ1n) is 6.30. The van der Waals surface area contributed by atoms with Crippen LogP contribution in [-0.2, 0) is 0 Å². The van der Waals surface area contributed by atoms with Crippen LogP contribution in [0.4, 0.5) is 0 Å². The largest absolute Gasteiger partial charge is 0.508 e. The molecule has 0 aliphatic heterocycles. The van der Waals surface area contributed by atoms with Crippen LogP contribution in [0.25, 0.3) is 22.1 Å². The molecule has 7 heteroatoms. The summed E-state index contributed by atoms with van der Waals surface area (Å²) in [6.07, 6.45) is 0. The van der Waals surface area contributed by atoms with E-state index >= 15 is 0 Å². The molecular weight excluding hydrogens is 311 g/mol. The number of aromatic carboxylic acids is 1. The van der Waals surface area contributed by atoms with Gasteiger partial charge in [0, 0.05) is 41.7 Å². The van der Waals surface area contributed by atoms with Crippen molar-refractivity contribution in [3.63, 3.8) is 0 Å². The average molecular weight is 321 g/mol. The SMILES string of the molecule is O=C(O)c1oc2cc(O)cc(O)c2c(=O)c1-c1ccccc1.[Na]. The number of benzene rings is 2. The van der Waals surface area contributed by atoms with Crippen molar-refractivity contribution >= 4 is 46.5 Å². The van der Waals surface area contributed by atoms with Gasteiger partial charge in [-0.25, -0.2) is 4.79 Å². The van der Waals surface area contributed by atoms with Gasteiger partial charge in [-0.05, 0) is 5.56 Å². The standard InChI is InChI=1S/C16H10O6.Na/c17-9-6-10(18)13-11(7-9)22-15(16(20)21)12(14(13)19)8-4-2-1-3-5-8;/h1-7,17-18H,(H,20,21);. The zero-order valence-electron chi connectivity index (χ0n) is 12.1. The van der Waals surface area contributed by atoms with E-state index in [-0.39, 0.29) is 51.8 Å². The molecule has 0 unspecified atom stereocenters. The number of phenols is 2. The maximum atomic E-state index is 12.6. The van der Waals surface area contributed by atoms with E-state index in [1.807, 2.05) is 0 Å². The van der Waals surface area contributed by atoms with Gasteiger partial charge in [0.15, 0.2) is 0 Å². The second kappa shape index (κ2) is 6.45. The van der Waals surface area contributed by atoms with Crippen molar-refractivity contribution in [2.75, 3.05) is 0 Å². The molecule has 0 spiro atoms. The van der Waals surface area contributed by atoms with Crippen LogP contribution in [0.5, 0.6) is 11.5 Å². The minimum absolute atomic E-state index is 0. The second-order valence-electron chi connectivity index (χ2n) is 4.64. The van der Waals surface area contributed by atoms with Gasteiger partial charge in [0.1, 0.15) is 22.5 Å². The molecule has 0 saturated carbocycles. The van der Waals surface area contributed by atoms with Crippen LogP contribution in [0.2, 0.25) is 0 Å². The van der Waals surface area contributed by atoms with Crippen LogP contribution in [0.3, 0.4) is 0 Å². The Kier molecular flexibility index (Phi) is 4.79. The summed E-state index contributed by atoms with van der Waals surface area (Å²) in [6, 6.07) is 10.3. The van der Waals surface area contributed by atoms with Gasteiger partial charge in [-0.3, -0.25) is 4.79 Å². The average Bonchev–Trinajstić information content (AvgIpc) is 2.46. The summed E-state index contributed by atoms with van der Waals surface area (Å²) in [6.45, 7) is 0. The van der Waals surface area contributed by atoms with E-state index in [1.54, 1.807) is 30.3 Å². The summed E-state index contributed by atoms with van der Waals surface area (Å²) in [4.78, 5) is 24.0. The van der Waals surface area contributed by atoms with Crippen LogP contribution in [-0.4, -0.2) is 50.8 Å². The molecule has 6 nitrogen and oxygen atoms in total. The van der Waals surface area contributed by atoms with Crippen molar-refractivity contribution < 1.29 is 24.5 Å². The topological polar surface area (TPSA) is 108 Å². The molecular formula is C16H10NaO6.